The van der Waals surface area contributed by atoms with Gasteiger partial charge in [0.1, 0.15) is 11.8 Å². The van der Waals surface area contributed by atoms with E-state index in [2.05, 4.69) is 0 Å². The summed E-state index contributed by atoms with van der Waals surface area (Å²) in [4.78, 5) is 0. The van der Waals surface area contributed by atoms with Crippen LogP contribution in [-0.4, -0.2) is 11.7 Å². The number of nitriles is 1. The van der Waals surface area contributed by atoms with Gasteiger partial charge in [-0.1, -0.05) is 0 Å². The summed E-state index contributed by atoms with van der Waals surface area (Å²) in [6.07, 6.45) is 0.443. The normalized spacial score (nSPS) is 12.4. The maximum absolute atomic E-state index is 8.58. The molecule has 0 aromatic carbocycles. The van der Waals surface area contributed by atoms with Crippen LogP contribution in [0.5, 0.6) is 0 Å². The van der Waals surface area contributed by atoms with Crippen LogP contribution in [0.2, 0.25) is 0 Å². The maximum atomic E-state index is 8.58. The van der Waals surface area contributed by atoms with E-state index in [1.54, 1.807) is 12.1 Å². The molecule has 12 heavy (non-hydrogen) atoms. The van der Waals surface area contributed by atoms with Gasteiger partial charge in [-0.15, -0.1) is 0 Å². The Morgan fingerprint density at radius 3 is 2.92 bits per heavy atom. The van der Waals surface area contributed by atoms with Gasteiger partial charge >= 0.3 is 0 Å². The maximum Gasteiger partial charge on any atom is 0.203 e. The van der Waals surface area contributed by atoms with E-state index in [9.17, 15) is 0 Å². The van der Waals surface area contributed by atoms with Crippen molar-refractivity contribution in [1.29, 1.82) is 5.26 Å². The van der Waals surface area contributed by atoms with E-state index in [1.807, 2.05) is 6.07 Å². The van der Waals surface area contributed by atoms with Gasteiger partial charge in [-0.2, -0.15) is 5.26 Å². The van der Waals surface area contributed by atoms with Crippen LogP contribution < -0.4 is 5.73 Å². The third-order valence-electron chi connectivity index (χ3n) is 1.54. The van der Waals surface area contributed by atoms with E-state index in [-0.39, 0.29) is 18.4 Å². The van der Waals surface area contributed by atoms with Crippen molar-refractivity contribution in [3.8, 4) is 6.07 Å². The van der Waals surface area contributed by atoms with Gasteiger partial charge in [-0.3, -0.25) is 0 Å². The minimum atomic E-state index is -0.322. The molecule has 1 aromatic rings. The summed E-state index contributed by atoms with van der Waals surface area (Å²) < 4.78 is 5.05. The Morgan fingerprint density at radius 1 is 1.67 bits per heavy atom. The molecule has 0 saturated heterocycles. The zero-order valence-corrected chi connectivity index (χ0v) is 6.53. The number of nitrogens with two attached hydrogens (primary N) is 1. The molecule has 0 amide bonds. The zero-order chi connectivity index (χ0) is 8.97. The van der Waals surface area contributed by atoms with Crippen molar-refractivity contribution >= 4 is 0 Å². The summed E-state index contributed by atoms with van der Waals surface area (Å²) in [6, 6.07) is 4.75. The predicted molar refractivity (Wildman–Crippen MR) is 42.1 cm³/mol. The molecule has 1 aromatic heterocycles. The van der Waals surface area contributed by atoms with Gasteiger partial charge < -0.3 is 15.3 Å². The second-order valence-corrected chi connectivity index (χ2v) is 2.43. The first kappa shape index (κ1) is 8.78. The van der Waals surface area contributed by atoms with Crippen LogP contribution in [0.3, 0.4) is 0 Å². The highest BCUT2D eigenvalue weighted by atomic mass is 16.3. The summed E-state index contributed by atoms with van der Waals surface area (Å²) in [6.45, 7) is 0.0176. The Kier molecular flexibility index (Phi) is 2.86. The molecule has 0 unspecified atom stereocenters. The second kappa shape index (κ2) is 3.90. The average molecular weight is 166 g/mol. The second-order valence-electron chi connectivity index (χ2n) is 2.43. The van der Waals surface area contributed by atoms with Crippen molar-refractivity contribution in [3.05, 3.63) is 23.7 Å². The molecule has 0 spiro atoms. The molecule has 0 aliphatic heterocycles. The quantitative estimate of drug-likeness (QED) is 0.686. The van der Waals surface area contributed by atoms with E-state index >= 15 is 0 Å². The molecule has 4 heteroatoms. The molecule has 0 radical (unpaired) electrons. The lowest BCUT2D eigenvalue weighted by Crippen LogP contribution is -2.10. The van der Waals surface area contributed by atoms with Crippen LogP contribution in [0.1, 0.15) is 24.0 Å². The minimum absolute atomic E-state index is 0.0176. The number of hydrogen-bond acceptors (Lipinski definition) is 4. The molecule has 0 saturated carbocycles. The first-order valence-corrected chi connectivity index (χ1v) is 3.64. The minimum Gasteiger partial charge on any atom is -0.449 e. The smallest absolute Gasteiger partial charge is 0.203 e. The molecule has 0 aliphatic carbocycles. The summed E-state index contributed by atoms with van der Waals surface area (Å²) >= 11 is 0. The van der Waals surface area contributed by atoms with Crippen LogP contribution >= 0.6 is 0 Å². The number of hydrogen-bond donors (Lipinski definition) is 2. The van der Waals surface area contributed by atoms with Gasteiger partial charge in [0.05, 0.1) is 6.04 Å². The first-order valence-electron chi connectivity index (χ1n) is 3.64. The standard InChI is InChI=1S/C8H10N2O2/c9-5-6-1-2-8(12-6)7(10)3-4-11/h1-2,7,11H,3-4,10H2/t7-/m0/s1. The summed E-state index contributed by atoms with van der Waals surface area (Å²) in [5.74, 6) is 0.791. The van der Waals surface area contributed by atoms with Gasteiger partial charge in [0.25, 0.3) is 0 Å². The van der Waals surface area contributed by atoms with Gasteiger partial charge in [0.15, 0.2) is 0 Å². The molecule has 0 bridgehead atoms. The number of rotatable bonds is 3. The van der Waals surface area contributed by atoms with Gasteiger partial charge in [-0.25, -0.2) is 0 Å². The van der Waals surface area contributed by atoms with Crippen LogP contribution in [0.25, 0.3) is 0 Å². The van der Waals surface area contributed by atoms with Crippen molar-refractivity contribution < 1.29 is 9.52 Å². The van der Waals surface area contributed by atoms with E-state index in [0.29, 0.717) is 12.2 Å². The number of nitrogens with zero attached hydrogens (tertiary/aromatic N) is 1. The number of aliphatic hydroxyl groups is 1. The largest absolute Gasteiger partial charge is 0.449 e. The molecule has 0 fully saturated rings. The van der Waals surface area contributed by atoms with Crippen LogP contribution in [0.15, 0.2) is 16.5 Å². The third kappa shape index (κ3) is 1.84. The number of furan rings is 1. The highest BCUT2D eigenvalue weighted by Crippen LogP contribution is 2.16. The molecule has 4 nitrogen and oxygen atoms in total. The van der Waals surface area contributed by atoms with Crippen LogP contribution in [0, 0.1) is 11.3 Å². The molecule has 1 atom stereocenters. The van der Waals surface area contributed by atoms with Gasteiger partial charge in [0, 0.05) is 6.61 Å². The summed E-state index contributed by atoms with van der Waals surface area (Å²) in [5.41, 5.74) is 5.61. The first-order chi connectivity index (χ1) is 5.77. The van der Waals surface area contributed by atoms with Gasteiger partial charge in [-0.05, 0) is 18.6 Å². The van der Waals surface area contributed by atoms with Crippen molar-refractivity contribution in [1.82, 2.24) is 0 Å². The fourth-order valence-corrected chi connectivity index (χ4v) is 0.894. The lowest BCUT2D eigenvalue weighted by atomic mass is 10.2. The Balaban J connectivity index is 2.69. The fraction of sp³-hybridized carbons (Fsp3) is 0.375. The van der Waals surface area contributed by atoms with E-state index in [1.165, 1.54) is 0 Å². The fourth-order valence-electron chi connectivity index (χ4n) is 0.894. The molecule has 1 heterocycles. The molecular formula is C8H10N2O2. The molecule has 1 rings (SSSR count). The highest BCUT2D eigenvalue weighted by molar-refractivity contribution is 5.20. The SMILES string of the molecule is N#Cc1ccc([C@@H](N)CCO)o1. The van der Waals surface area contributed by atoms with Crippen molar-refractivity contribution in [2.75, 3.05) is 6.61 Å². The Labute approximate surface area is 70.2 Å². The summed E-state index contributed by atoms with van der Waals surface area (Å²) in [7, 11) is 0. The molecular weight excluding hydrogens is 156 g/mol. The molecule has 0 aliphatic rings. The van der Waals surface area contributed by atoms with Crippen molar-refractivity contribution in [2.45, 2.75) is 12.5 Å². The Bertz CT molecular complexity index is 287. The van der Waals surface area contributed by atoms with Gasteiger partial charge in [0.2, 0.25) is 5.76 Å². The summed E-state index contributed by atoms with van der Waals surface area (Å²) in [5, 5.41) is 17.0. The van der Waals surface area contributed by atoms with Crippen LogP contribution in [-0.2, 0) is 0 Å². The Morgan fingerprint density at radius 2 is 2.42 bits per heavy atom. The van der Waals surface area contributed by atoms with Crippen molar-refractivity contribution in [2.24, 2.45) is 5.73 Å². The van der Waals surface area contributed by atoms with E-state index in [4.69, 9.17) is 20.5 Å². The lowest BCUT2D eigenvalue weighted by Gasteiger charge is -2.04. The van der Waals surface area contributed by atoms with Crippen molar-refractivity contribution in [3.63, 3.8) is 0 Å². The lowest BCUT2D eigenvalue weighted by molar-refractivity contribution is 0.268. The zero-order valence-electron chi connectivity index (χ0n) is 6.53. The monoisotopic (exact) mass is 166 g/mol. The van der Waals surface area contributed by atoms with E-state index < -0.39 is 0 Å². The molecule has 3 N–H and O–H groups in total. The van der Waals surface area contributed by atoms with Crippen LogP contribution in [0.4, 0.5) is 0 Å². The highest BCUT2D eigenvalue weighted by Gasteiger charge is 2.09. The number of aliphatic hydroxyl groups excluding tert-OH is 1. The topological polar surface area (TPSA) is 83.2 Å². The molecule has 64 valence electrons. The average Bonchev–Trinajstić information content (AvgIpc) is 2.52. The predicted octanol–water partition coefficient (Wildman–Crippen LogP) is 0.533. The Hall–Kier alpha value is -1.31. The third-order valence-corrected chi connectivity index (χ3v) is 1.54. The van der Waals surface area contributed by atoms with E-state index in [0.717, 1.165) is 0 Å².